The van der Waals surface area contributed by atoms with Crippen LogP contribution in [0.15, 0.2) is 0 Å². The van der Waals surface area contributed by atoms with Crippen molar-refractivity contribution in [1.29, 1.82) is 0 Å². The summed E-state index contributed by atoms with van der Waals surface area (Å²) in [6, 6.07) is 0. The summed E-state index contributed by atoms with van der Waals surface area (Å²) in [6.45, 7) is -0.415. The minimum absolute atomic E-state index is 0.0925. The number of ether oxygens (including phenoxy) is 2. The average Bonchev–Trinajstić information content (AvgIpc) is 2.50. The second-order valence-corrected chi connectivity index (χ2v) is 6.27. The van der Waals surface area contributed by atoms with Crippen molar-refractivity contribution < 1.29 is 40.1 Å². The van der Waals surface area contributed by atoms with E-state index >= 15 is 0 Å². The van der Waals surface area contributed by atoms with Crippen molar-refractivity contribution in [3.8, 4) is 0 Å². The highest BCUT2D eigenvalue weighted by Crippen LogP contribution is 2.31. The van der Waals surface area contributed by atoms with Gasteiger partial charge >= 0.3 is 0 Å². The number of hydrogen-bond donors (Lipinski definition) is 6. The second-order valence-electron chi connectivity index (χ2n) is 6.27. The van der Waals surface area contributed by atoms with Crippen LogP contribution in [-0.4, -0.2) is 86.3 Å². The number of aliphatic hydroxyl groups excluding tert-OH is 5. The van der Waals surface area contributed by atoms with Crippen LogP contribution >= 0.6 is 0 Å². The van der Waals surface area contributed by atoms with Crippen LogP contribution in [0.2, 0.25) is 0 Å². The first-order valence-corrected chi connectivity index (χ1v) is 7.69. The lowest BCUT2D eigenvalue weighted by molar-refractivity contribution is -0.302. The summed E-state index contributed by atoms with van der Waals surface area (Å²) >= 11 is 0. The van der Waals surface area contributed by atoms with Gasteiger partial charge in [-0.25, -0.2) is 0 Å². The summed E-state index contributed by atoms with van der Waals surface area (Å²) in [4.78, 5) is 0. The highest BCUT2D eigenvalue weighted by atomic mass is 16.7. The molecule has 1 aliphatic carbocycles. The number of hydrogen-bond acceptors (Lipinski definition) is 8. The van der Waals surface area contributed by atoms with Gasteiger partial charge in [0.05, 0.1) is 24.9 Å². The topological polar surface area (TPSA) is 140 Å². The normalized spacial score (nSPS) is 46.6. The molecule has 8 nitrogen and oxygen atoms in total. The Balaban J connectivity index is 1.80. The van der Waals surface area contributed by atoms with Crippen molar-refractivity contribution >= 4 is 0 Å². The standard InChI is InChI=1S/C14H26O8/c15-7-9-10(17)11(18)12(19)13(22-9)21-6-5-14(20)3-1-8(16)2-4-14/h8-13,15-20H,1-7H2. The third kappa shape index (κ3) is 4.15. The Morgan fingerprint density at radius 2 is 1.64 bits per heavy atom. The molecule has 22 heavy (non-hydrogen) atoms. The van der Waals surface area contributed by atoms with Gasteiger partial charge in [0.15, 0.2) is 6.29 Å². The lowest BCUT2D eigenvalue weighted by atomic mass is 9.81. The molecule has 1 aliphatic heterocycles. The number of rotatable bonds is 5. The minimum Gasteiger partial charge on any atom is -0.394 e. The van der Waals surface area contributed by atoms with E-state index in [1.54, 1.807) is 0 Å². The molecule has 2 aliphatic rings. The predicted molar refractivity (Wildman–Crippen MR) is 73.8 cm³/mol. The monoisotopic (exact) mass is 322 g/mol. The van der Waals surface area contributed by atoms with E-state index in [0.29, 0.717) is 32.1 Å². The van der Waals surface area contributed by atoms with E-state index in [-0.39, 0.29) is 12.7 Å². The Morgan fingerprint density at radius 1 is 1.00 bits per heavy atom. The zero-order chi connectivity index (χ0) is 16.3. The van der Waals surface area contributed by atoms with Crippen LogP contribution in [-0.2, 0) is 9.47 Å². The summed E-state index contributed by atoms with van der Waals surface area (Å²) in [6.07, 6.45) is -4.51. The smallest absolute Gasteiger partial charge is 0.186 e. The first-order chi connectivity index (χ1) is 10.4. The Hall–Kier alpha value is -0.320. The van der Waals surface area contributed by atoms with Gasteiger partial charge in [0.25, 0.3) is 0 Å². The highest BCUT2D eigenvalue weighted by molar-refractivity contribution is 4.89. The maximum atomic E-state index is 10.4. The highest BCUT2D eigenvalue weighted by Gasteiger charge is 2.44. The molecule has 0 bridgehead atoms. The lowest BCUT2D eigenvalue weighted by Gasteiger charge is -2.40. The Labute approximate surface area is 128 Å². The van der Waals surface area contributed by atoms with Crippen LogP contribution in [0, 0.1) is 0 Å². The molecule has 0 aromatic carbocycles. The predicted octanol–water partition coefficient (Wildman–Crippen LogP) is -2.14. The molecule has 0 spiro atoms. The van der Waals surface area contributed by atoms with E-state index in [9.17, 15) is 25.5 Å². The molecule has 0 amide bonds. The maximum Gasteiger partial charge on any atom is 0.186 e. The molecule has 2 rings (SSSR count). The molecular weight excluding hydrogens is 296 g/mol. The second kappa shape index (κ2) is 7.50. The van der Waals surface area contributed by atoms with Crippen LogP contribution in [0.5, 0.6) is 0 Å². The van der Waals surface area contributed by atoms with Crippen molar-refractivity contribution in [3.63, 3.8) is 0 Å². The third-order valence-electron chi connectivity index (χ3n) is 4.58. The zero-order valence-corrected chi connectivity index (χ0v) is 12.4. The summed E-state index contributed by atoms with van der Waals surface area (Å²) in [5, 5.41) is 58.0. The van der Waals surface area contributed by atoms with E-state index in [4.69, 9.17) is 14.6 Å². The van der Waals surface area contributed by atoms with Crippen molar-refractivity contribution in [2.75, 3.05) is 13.2 Å². The Bertz CT molecular complexity index is 342. The van der Waals surface area contributed by atoms with E-state index in [1.165, 1.54) is 0 Å². The van der Waals surface area contributed by atoms with Crippen LogP contribution in [0.1, 0.15) is 32.1 Å². The largest absolute Gasteiger partial charge is 0.394 e. The molecule has 1 saturated heterocycles. The maximum absolute atomic E-state index is 10.4. The summed E-state index contributed by atoms with van der Waals surface area (Å²) in [5.41, 5.74) is -0.909. The van der Waals surface area contributed by atoms with Gasteiger partial charge in [0, 0.05) is 0 Å². The van der Waals surface area contributed by atoms with Crippen molar-refractivity contribution in [1.82, 2.24) is 0 Å². The van der Waals surface area contributed by atoms with Crippen LogP contribution in [0.4, 0.5) is 0 Å². The van der Waals surface area contributed by atoms with Gasteiger partial charge in [0.2, 0.25) is 0 Å². The summed E-state index contributed by atoms with van der Waals surface area (Å²) in [7, 11) is 0. The quantitative estimate of drug-likeness (QED) is 0.337. The first-order valence-electron chi connectivity index (χ1n) is 7.69. The molecule has 5 atom stereocenters. The molecule has 0 radical (unpaired) electrons. The van der Waals surface area contributed by atoms with Gasteiger partial charge < -0.3 is 40.1 Å². The molecule has 8 heteroatoms. The molecule has 130 valence electrons. The van der Waals surface area contributed by atoms with Crippen molar-refractivity contribution in [2.24, 2.45) is 0 Å². The summed E-state index contributed by atoms with van der Waals surface area (Å²) in [5.74, 6) is 0. The molecule has 1 saturated carbocycles. The Kier molecular flexibility index (Phi) is 6.14. The van der Waals surface area contributed by atoms with Crippen LogP contribution < -0.4 is 0 Å². The van der Waals surface area contributed by atoms with E-state index in [1.807, 2.05) is 0 Å². The molecule has 2 fully saturated rings. The average molecular weight is 322 g/mol. The van der Waals surface area contributed by atoms with Crippen molar-refractivity contribution in [3.05, 3.63) is 0 Å². The SMILES string of the molecule is OCC1OC(OCCC2(O)CCC(O)CC2)C(O)C(O)C1O. The van der Waals surface area contributed by atoms with Gasteiger partial charge in [-0.05, 0) is 32.1 Å². The van der Waals surface area contributed by atoms with E-state index < -0.39 is 42.9 Å². The van der Waals surface area contributed by atoms with Gasteiger partial charge in [0.1, 0.15) is 24.4 Å². The minimum atomic E-state index is -1.47. The molecule has 0 aromatic rings. The molecule has 5 unspecified atom stereocenters. The zero-order valence-electron chi connectivity index (χ0n) is 12.4. The fourth-order valence-electron chi connectivity index (χ4n) is 2.96. The summed E-state index contributed by atoms with van der Waals surface area (Å²) < 4.78 is 10.6. The molecule has 1 heterocycles. The van der Waals surface area contributed by atoms with Crippen molar-refractivity contribution in [2.45, 2.75) is 74.5 Å². The first kappa shape index (κ1) is 18.0. The van der Waals surface area contributed by atoms with Gasteiger partial charge in [-0.1, -0.05) is 0 Å². The van der Waals surface area contributed by atoms with Gasteiger partial charge in [-0.15, -0.1) is 0 Å². The molecule has 6 N–H and O–H groups in total. The lowest BCUT2D eigenvalue weighted by Crippen LogP contribution is -2.59. The van der Waals surface area contributed by atoms with E-state index in [2.05, 4.69) is 0 Å². The van der Waals surface area contributed by atoms with E-state index in [0.717, 1.165) is 0 Å². The third-order valence-corrected chi connectivity index (χ3v) is 4.58. The fraction of sp³-hybridized carbons (Fsp3) is 1.00. The number of aliphatic hydroxyl groups is 6. The van der Waals surface area contributed by atoms with Crippen LogP contribution in [0.25, 0.3) is 0 Å². The molecule has 0 aromatic heterocycles. The van der Waals surface area contributed by atoms with Gasteiger partial charge in [-0.3, -0.25) is 0 Å². The Morgan fingerprint density at radius 3 is 2.23 bits per heavy atom. The molecular formula is C14H26O8. The fourth-order valence-corrected chi connectivity index (χ4v) is 2.96. The van der Waals surface area contributed by atoms with Crippen LogP contribution in [0.3, 0.4) is 0 Å². The van der Waals surface area contributed by atoms with Gasteiger partial charge in [-0.2, -0.15) is 0 Å².